The summed E-state index contributed by atoms with van der Waals surface area (Å²) in [4.78, 5) is 47.1. The number of piperidine rings is 1. The summed E-state index contributed by atoms with van der Waals surface area (Å²) in [6, 6.07) is 14.4. The number of rotatable bonds is 10. The molecule has 3 atom stereocenters. The first-order valence-electron chi connectivity index (χ1n) is 16.3. The van der Waals surface area contributed by atoms with Crippen LogP contribution in [-0.4, -0.2) is 94.8 Å². The molecule has 2 amide bonds. The second-order valence-corrected chi connectivity index (χ2v) is 12.5. The Labute approximate surface area is 273 Å². The Morgan fingerprint density at radius 3 is 2.70 bits per heavy atom. The molecule has 3 N–H and O–H groups in total. The van der Waals surface area contributed by atoms with E-state index in [-0.39, 0.29) is 17.9 Å². The number of pyridine rings is 1. The van der Waals surface area contributed by atoms with Gasteiger partial charge in [-0.1, -0.05) is 18.2 Å². The fourth-order valence-corrected chi connectivity index (χ4v) is 6.96. The number of aromatic nitrogens is 4. The Balaban J connectivity index is 0.975. The highest BCUT2D eigenvalue weighted by atomic mass is 16.5. The number of hydrogen-bond acceptors (Lipinski definition) is 9. The van der Waals surface area contributed by atoms with Gasteiger partial charge in [-0.3, -0.25) is 19.5 Å². The minimum Gasteiger partial charge on any atom is -0.381 e. The molecular formula is C35H40N8O4. The smallest absolute Gasteiger partial charge is 0.274 e. The molecule has 3 aromatic heterocycles. The van der Waals surface area contributed by atoms with E-state index in [1.165, 1.54) is 6.08 Å². The summed E-state index contributed by atoms with van der Waals surface area (Å²) in [5.41, 5.74) is 4.77. The van der Waals surface area contributed by atoms with Gasteiger partial charge in [0.2, 0.25) is 5.91 Å². The average molecular weight is 637 g/mol. The van der Waals surface area contributed by atoms with Crippen molar-refractivity contribution < 1.29 is 19.1 Å². The Kier molecular flexibility index (Phi) is 9.23. The number of H-pyrrole nitrogens is 1. The van der Waals surface area contributed by atoms with Gasteiger partial charge in [-0.2, -0.15) is 0 Å². The van der Waals surface area contributed by atoms with Gasteiger partial charge in [0.25, 0.3) is 5.91 Å². The van der Waals surface area contributed by atoms with Crippen LogP contribution in [0.1, 0.15) is 41.7 Å². The van der Waals surface area contributed by atoms with Gasteiger partial charge in [-0.05, 0) is 73.7 Å². The van der Waals surface area contributed by atoms with E-state index >= 15 is 0 Å². The highest BCUT2D eigenvalue weighted by molar-refractivity contribution is 6.03. The van der Waals surface area contributed by atoms with E-state index in [1.807, 2.05) is 36.4 Å². The average Bonchev–Trinajstić information content (AvgIpc) is 3.62. The molecule has 12 heteroatoms. The molecule has 47 heavy (non-hydrogen) atoms. The summed E-state index contributed by atoms with van der Waals surface area (Å²) in [7, 11) is 1.60. The molecule has 0 spiro atoms. The number of fused-ring (bicyclic) bond motifs is 3. The molecule has 1 aromatic carbocycles. The molecule has 7 rings (SSSR count). The zero-order valence-electron chi connectivity index (χ0n) is 26.5. The maximum atomic E-state index is 13.2. The summed E-state index contributed by atoms with van der Waals surface area (Å²) in [6.45, 7) is 4.23. The lowest BCUT2D eigenvalue weighted by Gasteiger charge is -2.35. The van der Waals surface area contributed by atoms with E-state index in [4.69, 9.17) is 9.47 Å². The molecule has 2 unspecified atom stereocenters. The Morgan fingerprint density at radius 2 is 1.89 bits per heavy atom. The first kappa shape index (κ1) is 31.0. The van der Waals surface area contributed by atoms with Crippen LogP contribution >= 0.6 is 0 Å². The predicted molar refractivity (Wildman–Crippen MR) is 179 cm³/mol. The lowest BCUT2D eigenvalue weighted by molar-refractivity contribution is -0.117. The first-order chi connectivity index (χ1) is 23.0. The van der Waals surface area contributed by atoms with Crippen LogP contribution in [0.25, 0.3) is 22.3 Å². The number of nitrogens with zero attached hydrogens (tertiary/aromatic N) is 5. The van der Waals surface area contributed by atoms with E-state index in [1.54, 1.807) is 25.7 Å². The Bertz CT molecular complexity index is 1740. The van der Waals surface area contributed by atoms with Crippen molar-refractivity contribution in [1.29, 1.82) is 0 Å². The summed E-state index contributed by atoms with van der Waals surface area (Å²) in [5, 5.41) is 7.07. The molecule has 0 aliphatic carbocycles. The predicted octanol–water partition coefficient (Wildman–Crippen LogP) is 3.92. The molecule has 0 saturated carbocycles. The van der Waals surface area contributed by atoms with Crippen LogP contribution in [0.4, 0.5) is 11.5 Å². The summed E-state index contributed by atoms with van der Waals surface area (Å²) in [6.07, 6.45) is 10.7. The number of amides is 2. The molecule has 6 heterocycles. The van der Waals surface area contributed by atoms with Gasteiger partial charge in [0.05, 0.1) is 37.3 Å². The number of benzene rings is 1. The van der Waals surface area contributed by atoms with Gasteiger partial charge in [0.15, 0.2) is 0 Å². The molecule has 3 aliphatic rings. The molecule has 0 radical (unpaired) electrons. The first-order valence-corrected chi connectivity index (χ1v) is 16.3. The van der Waals surface area contributed by atoms with Crippen molar-refractivity contribution in [2.45, 2.75) is 50.4 Å². The van der Waals surface area contributed by atoms with Gasteiger partial charge in [-0.15, -0.1) is 0 Å². The molecule has 3 fully saturated rings. The summed E-state index contributed by atoms with van der Waals surface area (Å²) >= 11 is 0. The topological polar surface area (TPSA) is 138 Å². The van der Waals surface area contributed by atoms with Crippen LogP contribution in [0.5, 0.6) is 0 Å². The van der Waals surface area contributed by atoms with E-state index < -0.39 is 0 Å². The van der Waals surface area contributed by atoms with E-state index in [0.717, 1.165) is 85.7 Å². The Hall–Kier alpha value is -4.65. The van der Waals surface area contributed by atoms with Crippen LogP contribution in [0, 0.1) is 0 Å². The monoisotopic (exact) mass is 636 g/mol. The Morgan fingerprint density at radius 1 is 1.06 bits per heavy atom. The third-order valence-corrected chi connectivity index (χ3v) is 9.19. The molecule has 244 valence electrons. The molecular weight excluding hydrogens is 596 g/mol. The van der Waals surface area contributed by atoms with E-state index in [2.05, 4.69) is 46.4 Å². The van der Waals surface area contributed by atoms with Crippen LogP contribution in [0.3, 0.4) is 0 Å². The van der Waals surface area contributed by atoms with E-state index in [9.17, 15) is 9.59 Å². The second kappa shape index (κ2) is 14.0. The number of hydrogen-bond donors (Lipinski definition) is 3. The minimum absolute atomic E-state index is 0.0789. The minimum atomic E-state index is -0.267. The van der Waals surface area contributed by atoms with Crippen LogP contribution in [0.15, 0.2) is 67.1 Å². The number of likely N-dealkylation sites (tertiary alicyclic amines) is 1. The van der Waals surface area contributed by atoms with E-state index in [0.29, 0.717) is 36.6 Å². The van der Waals surface area contributed by atoms with Gasteiger partial charge in [0, 0.05) is 49.9 Å². The number of nitrogens with one attached hydrogen (secondary N) is 3. The fourth-order valence-electron chi connectivity index (χ4n) is 6.96. The van der Waals surface area contributed by atoms with Crippen molar-refractivity contribution in [3.8, 4) is 11.3 Å². The number of methoxy groups -OCH3 is 1. The molecule has 2 bridgehead atoms. The molecule has 3 saturated heterocycles. The lowest BCUT2D eigenvalue weighted by Crippen LogP contribution is -2.47. The van der Waals surface area contributed by atoms with Gasteiger partial charge >= 0.3 is 0 Å². The normalized spacial score (nSPS) is 21.4. The van der Waals surface area contributed by atoms with Gasteiger partial charge in [-0.25, -0.2) is 9.97 Å². The van der Waals surface area contributed by atoms with Gasteiger partial charge < -0.3 is 30.0 Å². The number of ether oxygens (including phenoxy) is 2. The molecule has 3 aliphatic heterocycles. The van der Waals surface area contributed by atoms with Crippen molar-refractivity contribution in [1.82, 2.24) is 30.2 Å². The van der Waals surface area contributed by atoms with Crippen LogP contribution < -0.4 is 15.5 Å². The number of anilines is 2. The van der Waals surface area contributed by atoms with Crippen molar-refractivity contribution in [2.24, 2.45) is 0 Å². The van der Waals surface area contributed by atoms with Crippen LogP contribution in [-0.2, 0) is 20.8 Å². The third kappa shape index (κ3) is 7.04. The van der Waals surface area contributed by atoms with Crippen molar-refractivity contribution >= 4 is 34.4 Å². The summed E-state index contributed by atoms with van der Waals surface area (Å²) in [5.74, 6) is 0.590. The summed E-state index contributed by atoms with van der Waals surface area (Å²) < 4.78 is 10.7. The van der Waals surface area contributed by atoms with Crippen LogP contribution in [0.2, 0.25) is 0 Å². The molecule has 12 nitrogen and oxygen atoms in total. The number of aromatic amines is 1. The third-order valence-electron chi connectivity index (χ3n) is 9.19. The van der Waals surface area contributed by atoms with Crippen molar-refractivity contribution in [2.75, 3.05) is 50.2 Å². The van der Waals surface area contributed by atoms with Crippen molar-refractivity contribution in [3.63, 3.8) is 0 Å². The number of carbonyl (C=O) groups is 2. The highest BCUT2D eigenvalue weighted by Gasteiger charge is 2.39. The highest BCUT2D eigenvalue weighted by Crippen LogP contribution is 2.37. The number of carbonyl (C=O) groups excluding carboxylic acids is 2. The zero-order valence-corrected chi connectivity index (χ0v) is 26.5. The second-order valence-electron chi connectivity index (χ2n) is 12.5. The van der Waals surface area contributed by atoms with Crippen molar-refractivity contribution in [3.05, 3.63) is 78.4 Å². The quantitative estimate of drug-likeness (QED) is 0.221. The SMILES string of the molecule is COC/C=C/C(=O)N[C@@H]1CCCN(Cc2ccnc(C(=O)Nc3ccc(-c4cc5c(N6C7CCC6COC7)ncnc5[nH]4)cc3)c2)C1. The standard InChI is InChI=1S/C35H40N8O4/c1-46-15-3-5-32(44)39-26-4-2-14-42(19-26)18-23-12-13-36-31(16-23)35(45)40-25-8-6-24(7-9-25)30-17-29-33(41-30)37-22-38-34(29)43-27-10-11-28(43)21-47-20-27/h3,5-9,12-13,16-17,22,26-28H,2,4,10-11,14-15,18-21H2,1H3,(H,39,44)(H,40,45)(H,37,38,41)/b5-3+/t26-,27?,28?/m1/s1. The number of morpholine rings is 1. The zero-order chi connectivity index (χ0) is 32.2. The maximum absolute atomic E-state index is 13.2. The van der Waals surface area contributed by atoms with Gasteiger partial charge in [0.1, 0.15) is 23.5 Å². The molecule has 4 aromatic rings. The fraction of sp³-hybridized carbons (Fsp3) is 0.400. The largest absolute Gasteiger partial charge is 0.381 e. The lowest BCUT2D eigenvalue weighted by atomic mass is 10.0. The maximum Gasteiger partial charge on any atom is 0.274 e.